The summed E-state index contributed by atoms with van der Waals surface area (Å²) in [4.78, 5) is 0. The van der Waals surface area contributed by atoms with Gasteiger partial charge in [0.05, 0.1) is 0 Å². The lowest BCUT2D eigenvalue weighted by molar-refractivity contribution is 0.652. The largest absolute Gasteiger partial charge is 0.0622 e. The van der Waals surface area contributed by atoms with E-state index in [0.717, 1.165) is 0 Å². The SMILES string of the molecule is CC1(C)c2ccccc2-c2cc3c(cc21)-c1ccc(-c2cc(-c4ccccc4)c4ccc5c(-c6ccc7ccccc7c6)cc(-c6ccccc6)c6ccc2c4c65)cc1C3(C)C. The molecule has 62 heavy (non-hydrogen) atoms. The van der Waals surface area contributed by atoms with E-state index in [0.29, 0.717) is 0 Å². The second-order valence-corrected chi connectivity index (χ2v) is 18.8. The molecule has 0 fully saturated rings. The zero-order valence-corrected chi connectivity index (χ0v) is 35.5. The first kappa shape index (κ1) is 35.5. The Hall–Kier alpha value is -7.28. The Kier molecular flexibility index (Phi) is 7.23. The van der Waals surface area contributed by atoms with Crippen LogP contribution >= 0.6 is 0 Å². The van der Waals surface area contributed by atoms with Crippen LogP contribution in [-0.2, 0) is 10.8 Å². The molecule has 0 unspecified atom stereocenters. The fourth-order valence-corrected chi connectivity index (χ4v) is 11.6. The van der Waals surface area contributed by atoms with Crippen LogP contribution in [0.4, 0.5) is 0 Å². The molecular weight excluding hydrogens is 745 g/mol. The molecule has 0 heteroatoms. The number of hydrogen-bond acceptors (Lipinski definition) is 0. The molecule has 0 radical (unpaired) electrons. The fraction of sp³-hybridized carbons (Fsp3) is 0.0968. The van der Waals surface area contributed by atoms with Crippen molar-refractivity contribution in [2.24, 2.45) is 0 Å². The second-order valence-electron chi connectivity index (χ2n) is 18.8. The maximum atomic E-state index is 2.53. The first-order chi connectivity index (χ1) is 30.3. The van der Waals surface area contributed by atoms with E-state index in [9.17, 15) is 0 Å². The molecular formula is C62H44. The average molecular weight is 789 g/mol. The van der Waals surface area contributed by atoms with Gasteiger partial charge < -0.3 is 0 Å². The molecule has 0 N–H and O–H groups in total. The Bertz CT molecular complexity index is 3660. The fourth-order valence-electron chi connectivity index (χ4n) is 11.6. The van der Waals surface area contributed by atoms with Gasteiger partial charge in [0, 0.05) is 10.8 Å². The van der Waals surface area contributed by atoms with E-state index < -0.39 is 0 Å². The predicted octanol–water partition coefficient (Wildman–Crippen LogP) is 17.0. The van der Waals surface area contributed by atoms with Gasteiger partial charge in [-0.05, 0) is 169 Å². The first-order valence-electron chi connectivity index (χ1n) is 22.1. The second kappa shape index (κ2) is 12.6. The number of fused-ring (bicyclic) bond motifs is 7. The molecule has 0 heterocycles. The van der Waals surface area contributed by atoms with Gasteiger partial charge in [0.2, 0.25) is 0 Å². The highest BCUT2D eigenvalue weighted by Crippen LogP contribution is 2.57. The zero-order valence-electron chi connectivity index (χ0n) is 35.5. The van der Waals surface area contributed by atoms with Crippen LogP contribution in [0.15, 0.2) is 194 Å². The summed E-state index contributed by atoms with van der Waals surface area (Å²) in [5.74, 6) is 0. The van der Waals surface area contributed by atoms with E-state index in [-0.39, 0.29) is 10.8 Å². The summed E-state index contributed by atoms with van der Waals surface area (Å²) in [5, 5.41) is 10.3. The third-order valence-corrected chi connectivity index (χ3v) is 14.8. The smallest absolute Gasteiger partial charge is 0.0159 e. The van der Waals surface area contributed by atoms with Gasteiger partial charge >= 0.3 is 0 Å². The molecule has 2 aliphatic rings. The van der Waals surface area contributed by atoms with Crippen molar-refractivity contribution in [1.82, 2.24) is 0 Å². The molecule has 292 valence electrons. The lowest BCUT2D eigenvalue weighted by atomic mass is 9.78. The molecule has 0 saturated heterocycles. The lowest BCUT2D eigenvalue weighted by Gasteiger charge is -2.24. The van der Waals surface area contributed by atoms with Gasteiger partial charge in [0.1, 0.15) is 0 Å². The highest BCUT2D eigenvalue weighted by molar-refractivity contribution is 6.32. The summed E-state index contributed by atoms with van der Waals surface area (Å²) < 4.78 is 0. The Balaban J connectivity index is 1.08. The summed E-state index contributed by atoms with van der Waals surface area (Å²) in [6, 6.07) is 73.5. The van der Waals surface area contributed by atoms with Crippen LogP contribution in [0, 0.1) is 0 Å². The van der Waals surface area contributed by atoms with Crippen molar-refractivity contribution in [3.63, 3.8) is 0 Å². The number of rotatable bonds is 4. The highest BCUT2D eigenvalue weighted by atomic mass is 14.4. The van der Waals surface area contributed by atoms with Crippen molar-refractivity contribution >= 4 is 43.1 Å². The van der Waals surface area contributed by atoms with Crippen molar-refractivity contribution in [3.05, 3.63) is 216 Å². The first-order valence-corrected chi connectivity index (χ1v) is 22.1. The van der Waals surface area contributed by atoms with Crippen LogP contribution in [0.2, 0.25) is 0 Å². The van der Waals surface area contributed by atoms with E-state index >= 15 is 0 Å². The molecule has 0 bridgehead atoms. The number of hydrogen-bond donors (Lipinski definition) is 0. The average Bonchev–Trinajstić information content (AvgIpc) is 3.68. The minimum Gasteiger partial charge on any atom is -0.0622 e. The molecule has 13 rings (SSSR count). The van der Waals surface area contributed by atoms with Gasteiger partial charge in [0.25, 0.3) is 0 Å². The van der Waals surface area contributed by atoms with Gasteiger partial charge in [-0.1, -0.05) is 185 Å². The molecule has 2 aliphatic carbocycles. The number of benzene rings is 11. The Morgan fingerprint density at radius 3 is 1.24 bits per heavy atom. The van der Waals surface area contributed by atoms with E-state index in [1.54, 1.807) is 0 Å². The van der Waals surface area contributed by atoms with E-state index in [1.807, 2.05) is 0 Å². The van der Waals surface area contributed by atoms with Crippen molar-refractivity contribution in [2.75, 3.05) is 0 Å². The molecule has 11 aromatic rings. The van der Waals surface area contributed by atoms with Crippen molar-refractivity contribution in [2.45, 2.75) is 38.5 Å². The van der Waals surface area contributed by atoms with Gasteiger partial charge in [0.15, 0.2) is 0 Å². The van der Waals surface area contributed by atoms with Crippen molar-refractivity contribution in [1.29, 1.82) is 0 Å². The summed E-state index contributed by atoms with van der Waals surface area (Å²) in [6.45, 7) is 9.64. The van der Waals surface area contributed by atoms with Gasteiger partial charge in [-0.3, -0.25) is 0 Å². The minimum absolute atomic E-state index is 0.0438. The van der Waals surface area contributed by atoms with Gasteiger partial charge in [-0.2, -0.15) is 0 Å². The maximum absolute atomic E-state index is 2.53. The van der Waals surface area contributed by atoms with Crippen molar-refractivity contribution in [3.8, 4) is 66.8 Å². The van der Waals surface area contributed by atoms with Crippen molar-refractivity contribution < 1.29 is 0 Å². The Labute approximate surface area is 363 Å². The van der Waals surface area contributed by atoms with E-state index in [2.05, 4.69) is 222 Å². The predicted molar refractivity (Wildman–Crippen MR) is 265 cm³/mol. The highest BCUT2D eigenvalue weighted by Gasteiger charge is 2.41. The van der Waals surface area contributed by atoms with Crippen LogP contribution < -0.4 is 0 Å². The summed E-state index contributed by atoms with van der Waals surface area (Å²) in [5.41, 5.74) is 21.0. The molecule has 11 aromatic carbocycles. The third kappa shape index (κ3) is 4.84. The van der Waals surface area contributed by atoms with Gasteiger partial charge in [-0.25, -0.2) is 0 Å². The lowest BCUT2D eigenvalue weighted by Crippen LogP contribution is -2.17. The van der Waals surface area contributed by atoms with E-state index in [1.165, 1.54) is 132 Å². The summed E-state index contributed by atoms with van der Waals surface area (Å²) in [7, 11) is 0. The molecule has 0 amide bonds. The molecule has 0 aliphatic heterocycles. The van der Waals surface area contributed by atoms with E-state index in [4.69, 9.17) is 0 Å². The monoisotopic (exact) mass is 788 g/mol. The van der Waals surface area contributed by atoms with Crippen LogP contribution in [-0.4, -0.2) is 0 Å². The zero-order chi connectivity index (χ0) is 41.5. The molecule has 0 aromatic heterocycles. The normalized spacial score (nSPS) is 14.4. The summed E-state index contributed by atoms with van der Waals surface area (Å²) in [6.07, 6.45) is 0. The van der Waals surface area contributed by atoms with Gasteiger partial charge in [-0.15, -0.1) is 0 Å². The third-order valence-electron chi connectivity index (χ3n) is 14.8. The van der Waals surface area contributed by atoms with Crippen LogP contribution in [0.25, 0.3) is 110 Å². The summed E-state index contributed by atoms with van der Waals surface area (Å²) >= 11 is 0. The topological polar surface area (TPSA) is 0 Å². The molecule has 0 spiro atoms. The molecule has 0 nitrogen and oxygen atoms in total. The Morgan fingerprint density at radius 2 is 0.661 bits per heavy atom. The van der Waals surface area contributed by atoms with Crippen LogP contribution in [0.1, 0.15) is 49.9 Å². The minimum atomic E-state index is -0.164. The van der Waals surface area contributed by atoms with Crippen LogP contribution in [0.5, 0.6) is 0 Å². The Morgan fingerprint density at radius 1 is 0.242 bits per heavy atom. The standard InChI is InChI=1S/C62H44/c1-61(2)55-22-14-13-21-43(55)53-35-58-54(36-57(53)61)44-26-25-42(32-56(44)62(58,3)4)52-34-50(39-18-9-6-10-19-39)46-27-29-47-51(41-24-23-37-15-11-12-20-40(37)31-41)33-49(38-16-7-5-8-17-38)45-28-30-48(52)60(46)59(45)47/h5-36H,1-4H3. The van der Waals surface area contributed by atoms with Crippen LogP contribution in [0.3, 0.4) is 0 Å². The molecule has 0 atom stereocenters. The molecule has 0 saturated carbocycles. The maximum Gasteiger partial charge on any atom is 0.0159 e. The quantitative estimate of drug-likeness (QED) is 0.156.